The molecule has 0 unspecified atom stereocenters. The third-order valence-corrected chi connectivity index (χ3v) is 3.87. The molecule has 1 amide bonds. The van der Waals surface area contributed by atoms with Crippen LogP contribution in [0, 0.1) is 22.7 Å². The van der Waals surface area contributed by atoms with Crippen LogP contribution >= 0.6 is 0 Å². The molecule has 0 atom stereocenters. The van der Waals surface area contributed by atoms with E-state index in [-0.39, 0.29) is 25.4 Å². The second-order valence-corrected chi connectivity index (χ2v) is 5.33. The Hall–Kier alpha value is -1.63. The van der Waals surface area contributed by atoms with Crippen LogP contribution in [-0.2, 0) is 4.79 Å². The normalized spacial score (nSPS) is 14.3. The van der Waals surface area contributed by atoms with Gasteiger partial charge < -0.3 is 10.0 Å². The second kappa shape index (κ2) is 10.1. The molecule has 1 N–H and O–H groups in total. The van der Waals surface area contributed by atoms with Gasteiger partial charge in [0.1, 0.15) is 0 Å². The number of hydrogen-bond acceptors (Lipinski definition) is 5. The summed E-state index contributed by atoms with van der Waals surface area (Å²) in [4.78, 5) is 16.1. The van der Waals surface area contributed by atoms with Crippen LogP contribution in [0.3, 0.4) is 0 Å². The minimum Gasteiger partial charge on any atom is -0.396 e. The lowest BCUT2D eigenvalue weighted by atomic mass is 9.91. The number of carbonyl (C=O) groups excluding carboxylic acids is 1. The molecule has 0 aliphatic heterocycles. The van der Waals surface area contributed by atoms with E-state index in [1.807, 2.05) is 12.1 Å². The molecule has 1 aliphatic carbocycles. The molecular formula is C15H24N4O2. The molecule has 116 valence electrons. The van der Waals surface area contributed by atoms with Crippen molar-refractivity contribution in [2.45, 2.75) is 44.6 Å². The van der Waals surface area contributed by atoms with Gasteiger partial charge in [-0.25, -0.2) is 0 Å². The van der Waals surface area contributed by atoms with Crippen molar-refractivity contribution in [3.63, 3.8) is 0 Å². The topological polar surface area (TPSA) is 91.4 Å². The zero-order valence-corrected chi connectivity index (χ0v) is 12.5. The minimum atomic E-state index is -0.0228. The Balaban J connectivity index is 2.53. The van der Waals surface area contributed by atoms with Gasteiger partial charge in [-0.2, -0.15) is 10.5 Å². The van der Waals surface area contributed by atoms with Crippen LogP contribution in [0.25, 0.3) is 0 Å². The molecular weight excluding hydrogens is 268 g/mol. The summed E-state index contributed by atoms with van der Waals surface area (Å²) >= 11 is 0. The van der Waals surface area contributed by atoms with Crippen LogP contribution in [0.15, 0.2) is 0 Å². The van der Waals surface area contributed by atoms with E-state index in [9.17, 15) is 4.79 Å². The van der Waals surface area contributed by atoms with Crippen molar-refractivity contribution >= 4 is 5.91 Å². The van der Waals surface area contributed by atoms with E-state index < -0.39 is 0 Å². The first-order chi connectivity index (χ1) is 10.2. The number of rotatable bonds is 10. The van der Waals surface area contributed by atoms with E-state index in [1.54, 1.807) is 4.90 Å². The molecule has 0 aromatic rings. The highest BCUT2D eigenvalue weighted by Crippen LogP contribution is 2.24. The zero-order chi connectivity index (χ0) is 15.5. The Morgan fingerprint density at radius 3 is 2.19 bits per heavy atom. The first kappa shape index (κ1) is 17.4. The summed E-state index contributed by atoms with van der Waals surface area (Å²) in [5, 5.41) is 26.3. The van der Waals surface area contributed by atoms with Gasteiger partial charge in [-0.05, 0) is 19.3 Å². The van der Waals surface area contributed by atoms with Crippen molar-refractivity contribution in [2.75, 3.05) is 32.8 Å². The van der Waals surface area contributed by atoms with Crippen molar-refractivity contribution in [3.8, 4) is 12.1 Å². The van der Waals surface area contributed by atoms with Crippen molar-refractivity contribution in [2.24, 2.45) is 0 Å². The average Bonchev–Trinajstić information content (AvgIpc) is 2.42. The van der Waals surface area contributed by atoms with Crippen LogP contribution in [0.1, 0.15) is 38.5 Å². The van der Waals surface area contributed by atoms with Gasteiger partial charge in [0.05, 0.1) is 31.5 Å². The Bertz CT molecular complexity index is 377. The Kier molecular flexibility index (Phi) is 8.42. The van der Waals surface area contributed by atoms with E-state index in [0.29, 0.717) is 32.1 Å². The molecule has 21 heavy (non-hydrogen) atoms. The highest BCUT2D eigenvalue weighted by Gasteiger charge is 2.27. The second-order valence-electron chi connectivity index (χ2n) is 5.33. The predicted molar refractivity (Wildman–Crippen MR) is 78.0 cm³/mol. The minimum absolute atomic E-state index is 0.0228. The van der Waals surface area contributed by atoms with Gasteiger partial charge in [0.2, 0.25) is 5.91 Å². The molecule has 1 rings (SSSR count). The number of carbonyl (C=O) groups is 1. The summed E-state index contributed by atoms with van der Waals surface area (Å²) in [6.07, 6.45) is 4.65. The van der Waals surface area contributed by atoms with Gasteiger partial charge in [-0.15, -0.1) is 0 Å². The predicted octanol–water partition coefficient (Wildman–Crippen LogP) is 0.879. The molecule has 0 saturated heterocycles. The molecule has 0 spiro atoms. The van der Waals surface area contributed by atoms with E-state index in [0.717, 1.165) is 19.4 Å². The summed E-state index contributed by atoms with van der Waals surface area (Å²) in [6.45, 7) is 1.94. The molecule has 1 aliphatic rings. The Morgan fingerprint density at radius 1 is 1.14 bits per heavy atom. The van der Waals surface area contributed by atoms with Crippen molar-refractivity contribution in [1.29, 1.82) is 10.5 Å². The number of nitrogens with zero attached hydrogens (tertiary/aromatic N) is 4. The quantitative estimate of drug-likeness (QED) is 0.645. The number of aliphatic hydroxyl groups is 1. The zero-order valence-electron chi connectivity index (χ0n) is 12.5. The molecule has 1 saturated carbocycles. The molecule has 6 heteroatoms. The maximum Gasteiger partial charge on any atom is 0.236 e. The van der Waals surface area contributed by atoms with Crippen LogP contribution in [0.5, 0.6) is 0 Å². The smallest absolute Gasteiger partial charge is 0.236 e. The highest BCUT2D eigenvalue weighted by atomic mass is 16.3. The Labute approximate surface area is 126 Å². The number of hydrogen-bond donors (Lipinski definition) is 1. The average molecular weight is 292 g/mol. The van der Waals surface area contributed by atoms with Crippen LogP contribution < -0.4 is 0 Å². The van der Waals surface area contributed by atoms with Crippen molar-refractivity contribution in [3.05, 3.63) is 0 Å². The van der Waals surface area contributed by atoms with Gasteiger partial charge in [-0.3, -0.25) is 9.69 Å². The summed E-state index contributed by atoms with van der Waals surface area (Å²) in [7, 11) is 0. The monoisotopic (exact) mass is 292 g/mol. The lowest BCUT2D eigenvalue weighted by molar-refractivity contribution is -0.133. The third-order valence-electron chi connectivity index (χ3n) is 3.87. The molecule has 0 radical (unpaired) electrons. The lowest BCUT2D eigenvalue weighted by Gasteiger charge is -2.38. The molecule has 0 heterocycles. The lowest BCUT2D eigenvalue weighted by Crippen LogP contribution is -2.48. The molecule has 6 nitrogen and oxygen atoms in total. The highest BCUT2D eigenvalue weighted by molar-refractivity contribution is 5.78. The first-order valence-electron chi connectivity index (χ1n) is 7.59. The van der Waals surface area contributed by atoms with E-state index in [4.69, 9.17) is 15.6 Å². The number of amides is 1. The van der Waals surface area contributed by atoms with Crippen LogP contribution in [-0.4, -0.2) is 59.6 Å². The van der Waals surface area contributed by atoms with E-state index in [2.05, 4.69) is 4.90 Å². The molecule has 1 fully saturated rings. The number of aliphatic hydroxyl groups excluding tert-OH is 1. The number of nitriles is 2. The Morgan fingerprint density at radius 2 is 1.76 bits per heavy atom. The van der Waals surface area contributed by atoms with Gasteiger partial charge in [0, 0.05) is 32.3 Å². The van der Waals surface area contributed by atoms with Crippen molar-refractivity contribution in [1.82, 2.24) is 9.80 Å². The van der Waals surface area contributed by atoms with E-state index >= 15 is 0 Å². The SMILES string of the molecule is N#CCCN(CCC#N)C(=O)CN(CCCO)C1CCC1. The maximum atomic E-state index is 12.4. The maximum absolute atomic E-state index is 12.4. The van der Waals surface area contributed by atoms with Gasteiger partial charge in [-0.1, -0.05) is 6.42 Å². The molecule has 0 bridgehead atoms. The molecule has 0 aromatic heterocycles. The van der Waals surface area contributed by atoms with Crippen LogP contribution in [0.2, 0.25) is 0 Å². The largest absolute Gasteiger partial charge is 0.396 e. The standard InChI is InChI=1S/C15H24N4O2/c16-7-2-9-18(10-3-8-17)15(21)13-19(11-4-12-20)14-5-1-6-14/h14,20H,1-6,9-13H2. The first-order valence-corrected chi connectivity index (χ1v) is 7.59. The summed E-state index contributed by atoms with van der Waals surface area (Å²) in [6, 6.07) is 4.52. The fourth-order valence-electron chi connectivity index (χ4n) is 2.42. The van der Waals surface area contributed by atoms with Crippen LogP contribution in [0.4, 0.5) is 0 Å². The van der Waals surface area contributed by atoms with Gasteiger partial charge in [0.15, 0.2) is 0 Å². The van der Waals surface area contributed by atoms with Gasteiger partial charge >= 0.3 is 0 Å². The van der Waals surface area contributed by atoms with E-state index in [1.165, 1.54) is 6.42 Å². The van der Waals surface area contributed by atoms with Crippen molar-refractivity contribution < 1.29 is 9.90 Å². The molecule has 0 aromatic carbocycles. The summed E-state index contributed by atoms with van der Waals surface area (Å²) < 4.78 is 0. The summed E-state index contributed by atoms with van der Waals surface area (Å²) in [5.41, 5.74) is 0. The third kappa shape index (κ3) is 6.12. The summed E-state index contributed by atoms with van der Waals surface area (Å²) in [5.74, 6) is -0.0228. The van der Waals surface area contributed by atoms with Gasteiger partial charge in [0.25, 0.3) is 0 Å². The fourth-order valence-corrected chi connectivity index (χ4v) is 2.42. The fraction of sp³-hybridized carbons (Fsp3) is 0.800.